The first-order chi connectivity index (χ1) is 11.6. The highest BCUT2D eigenvalue weighted by molar-refractivity contribution is 7.99. The molecule has 3 aliphatic rings. The molecule has 1 aromatic rings. The quantitative estimate of drug-likeness (QED) is 0.557. The maximum atomic E-state index is 12.7. The van der Waals surface area contributed by atoms with E-state index in [1.54, 1.807) is 11.8 Å². The number of piperidine rings is 3. The summed E-state index contributed by atoms with van der Waals surface area (Å²) in [7, 11) is 0. The summed E-state index contributed by atoms with van der Waals surface area (Å²) in [5.41, 5.74) is 0.369. The molecule has 0 aliphatic carbocycles. The van der Waals surface area contributed by atoms with E-state index in [0.29, 0.717) is 18.1 Å². The lowest BCUT2D eigenvalue weighted by Crippen LogP contribution is -2.62. The lowest BCUT2D eigenvalue weighted by molar-refractivity contribution is -0.106. The Kier molecular flexibility index (Phi) is 5.85. The van der Waals surface area contributed by atoms with E-state index in [1.165, 1.54) is 0 Å². The lowest BCUT2D eigenvalue weighted by atomic mass is 9.76. The minimum absolute atomic E-state index is 0.123. The van der Waals surface area contributed by atoms with E-state index >= 15 is 0 Å². The Labute approximate surface area is 148 Å². The van der Waals surface area contributed by atoms with Crippen LogP contribution in [0.3, 0.4) is 0 Å². The Morgan fingerprint density at radius 1 is 1.33 bits per heavy atom. The first-order valence-electron chi connectivity index (χ1n) is 8.87. The smallest absolute Gasteiger partial charge is 0.338 e. The third-order valence-corrected chi connectivity index (χ3v) is 6.35. The van der Waals surface area contributed by atoms with Gasteiger partial charge in [0.2, 0.25) is 0 Å². The van der Waals surface area contributed by atoms with Crippen molar-refractivity contribution in [1.82, 2.24) is 4.90 Å². The summed E-state index contributed by atoms with van der Waals surface area (Å²) in [6.07, 6.45) is 2.23. The van der Waals surface area contributed by atoms with Crippen molar-refractivity contribution in [3.8, 4) is 0 Å². The van der Waals surface area contributed by atoms with E-state index < -0.39 is 0 Å². The van der Waals surface area contributed by atoms with Crippen LogP contribution in [0.4, 0.5) is 0 Å². The number of esters is 1. The fourth-order valence-electron chi connectivity index (χ4n) is 3.79. The molecule has 2 bridgehead atoms. The van der Waals surface area contributed by atoms with Crippen LogP contribution in [0.15, 0.2) is 30.3 Å². The van der Waals surface area contributed by atoms with Gasteiger partial charge in [0, 0.05) is 24.8 Å². The van der Waals surface area contributed by atoms with E-state index in [4.69, 9.17) is 9.47 Å². The summed E-state index contributed by atoms with van der Waals surface area (Å²) in [5, 5.41) is 0. The number of rotatable bonds is 7. The number of carbonyl (C=O) groups is 1. The predicted octanol–water partition coefficient (Wildman–Crippen LogP) is 3.42. The third kappa shape index (κ3) is 3.95. The molecule has 0 saturated carbocycles. The van der Waals surface area contributed by atoms with Gasteiger partial charge in [0.05, 0.1) is 5.56 Å². The summed E-state index contributed by atoms with van der Waals surface area (Å²) in [5.74, 6) is 1.05. The van der Waals surface area contributed by atoms with E-state index in [-0.39, 0.29) is 17.0 Å². The second-order valence-corrected chi connectivity index (χ2v) is 7.99. The normalized spacial score (nSPS) is 30.1. The van der Waals surface area contributed by atoms with Crippen molar-refractivity contribution in [2.45, 2.75) is 37.7 Å². The summed E-state index contributed by atoms with van der Waals surface area (Å²) < 4.78 is 11.8. The molecule has 3 heterocycles. The number of thioether (sulfide) groups is 1. The van der Waals surface area contributed by atoms with Gasteiger partial charge in [-0.3, -0.25) is 4.90 Å². The minimum atomic E-state index is -0.389. The van der Waals surface area contributed by atoms with Crippen molar-refractivity contribution in [3.63, 3.8) is 0 Å². The number of benzene rings is 1. The van der Waals surface area contributed by atoms with Gasteiger partial charge in [-0.15, -0.1) is 11.8 Å². The maximum Gasteiger partial charge on any atom is 0.338 e. The van der Waals surface area contributed by atoms with Crippen LogP contribution < -0.4 is 0 Å². The number of nitrogens with zero attached hydrogens (tertiary/aromatic N) is 1. The molecule has 0 aromatic heterocycles. The van der Waals surface area contributed by atoms with Gasteiger partial charge in [-0.05, 0) is 51.9 Å². The van der Waals surface area contributed by atoms with Gasteiger partial charge in [-0.1, -0.05) is 18.2 Å². The van der Waals surface area contributed by atoms with Gasteiger partial charge in [-0.25, -0.2) is 4.79 Å². The fraction of sp³-hybridized carbons (Fsp3) is 0.632. The molecule has 0 unspecified atom stereocenters. The lowest BCUT2D eigenvalue weighted by Gasteiger charge is -2.52. The van der Waals surface area contributed by atoms with E-state index in [9.17, 15) is 4.79 Å². The van der Waals surface area contributed by atoms with Crippen LogP contribution in [0, 0.1) is 5.92 Å². The molecule has 1 aromatic carbocycles. The largest absolute Gasteiger partial charge is 0.453 e. The van der Waals surface area contributed by atoms with E-state index in [1.807, 2.05) is 37.3 Å². The minimum Gasteiger partial charge on any atom is -0.453 e. The van der Waals surface area contributed by atoms with E-state index in [2.05, 4.69) is 11.8 Å². The second kappa shape index (κ2) is 7.89. The molecule has 0 N–H and O–H groups in total. The Morgan fingerprint density at radius 2 is 2.04 bits per heavy atom. The number of hydrogen-bond donors (Lipinski definition) is 0. The van der Waals surface area contributed by atoms with Crippen molar-refractivity contribution >= 4 is 17.7 Å². The molecule has 2 atom stereocenters. The molecule has 0 radical (unpaired) electrons. The molecule has 4 rings (SSSR count). The van der Waals surface area contributed by atoms with Crippen molar-refractivity contribution in [2.75, 3.05) is 32.0 Å². The molecule has 0 amide bonds. The Bertz CT molecular complexity index is 545. The summed E-state index contributed by atoms with van der Waals surface area (Å²) in [6.45, 7) is 7.89. The van der Waals surface area contributed by atoms with Gasteiger partial charge in [-0.2, -0.15) is 0 Å². The highest BCUT2D eigenvalue weighted by atomic mass is 32.2. The first kappa shape index (κ1) is 17.8. The van der Waals surface area contributed by atoms with Gasteiger partial charge in [0.25, 0.3) is 0 Å². The average Bonchev–Trinajstić information content (AvgIpc) is 2.62. The summed E-state index contributed by atoms with van der Waals surface area (Å²) >= 11 is 1.76. The van der Waals surface area contributed by atoms with Crippen LogP contribution in [0.25, 0.3) is 0 Å². The highest BCUT2D eigenvalue weighted by Crippen LogP contribution is 2.41. The zero-order valence-corrected chi connectivity index (χ0v) is 15.4. The molecule has 3 saturated heterocycles. The zero-order valence-electron chi connectivity index (χ0n) is 14.6. The summed E-state index contributed by atoms with van der Waals surface area (Å²) in [4.78, 5) is 15.1. The van der Waals surface area contributed by atoms with Crippen LogP contribution in [0.5, 0.6) is 0 Å². The number of ether oxygens (including phenoxy) is 2. The molecule has 3 fully saturated rings. The van der Waals surface area contributed by atoms with Gasteiger partial charge >= 0.3 is 5.97 Å². The SMILES string of the molecule is CCO[C@@H](C)SC[C@@]1(OC(=O)c2ccccc2)CN2CCC1CC2. The van der Waals surface area contributed by atoms with Crippen molar-refractivity contribution in [1.29, 1.82) is 0 Å². The number of hydrogen-bond acceptors (Lipinski definition) is 5. The molecule has 4 nitrogen and oxygen atoms in total. The standard InChI is InChI=1S/C19H27NO3S/c1-3-22-15(2)24-14-19(13-20-11-9-17(19)10-12-20)23-18(21)16-7-5-4-6-8-16/h4-8,15,17H,3,9-14H2,1-2H3/t15-,19+/m1/s1. The van der Waals surface area contributed by atoms with Crippen LogP contribution >= 0.6 is 11.8 Å². The molecule has 3 aliphatic heterocycles. The van der Waals surface area contributed by atoms with Crippen molar-refractivity contribution < 1.29 is 14.3 Å². The monoisotopic (exact) mass is 349 g/mol. The molecule has 24 heavy (non-hydrogen) atoms. The molecule has 132 valence electrons. The Balaban J connectivity index is 1.74. The molecule has 0 spiro atoms. The summed E-state index contributed by atoms with van der Waals surface area (Å²) in [6, 6.07) is 9.33. The zero-order chi connectivity index (χ0) is 17.0. The van der Waals surface area contributed by atoms with Crippen LogP contribution in [-0.2, 0) is 9.47 Å². The fourth-order valence-corrected chi connectivity index (χ4v) is 4.93. The number of carbonyl (C=O) groups excluding carboxylic acids is 1. The highest BCUT2D eigenvalue weighted by Gasteiger charge is 2.49. The second-order valence-electron chi connectivity index (χ2n) is 6.70. The van der Waals surface area contributed by atoms with Crippen molar-refractivity contribution in [3.05, 3.63) is 35.9 Å². The molecule has 5 heteroatoms. The number of fused-ring (bicyclic) bond motifs is 3. The van der Waals surface area contributed by atoms with Crippen LogP contribution in [-0.4, -0.2) is 53.9 Å². The average molecular weight is 349 g/mol. The van der Waals surface area contributed by atoms with E-state index in [0.717, 1.165) is 38.2 Å². The van der Waals surface area contributed by atoms with Gasteiger partial charge < -0.3 is 9.47 Å². The molecular formula is C19H27NO3S. The Morgan fingerprint density at radius 3 is 2.62 bits per heavy atom. The third-order valence-electron chi connectivity index (χ3n) is 5.09. The van der Waals surface area contributed by atoms with Gasteiger partial charge in [0.15, 0.2) is 0 Å². The van der Waals surface area contributed by atoms with Crippen molar-refractivity contribution in [2.24, 2.45) is 5.92 Å². The maximum absolute atomic E-state index is 12.7. The Hall–Kier alpha value is -1.04. The van der Waals surface area contributed by atoms with Gasteiger partial charge in [0.1, 0.15) is 11.0 Å². The predicted molar refractivity (Wildman–Crippen MR) is 97.3 cm³/mol. The molecular weight excluding hydrogens is 322 g/mol. The van der Waals surface area contributed by atoms with Crippen LogP contribution in [0.2, 0.25) is 0 Å². The van der Waals surface area contributed by atoms with Crippen LogP contribution in [0.1, 0.15) is 37.0 Å². The first-order valence-corrected chi connectivity index (χ1v) is 9.92. The topological polar surface area (TPSA) is 38.8 Å².